The highest BCUT2D eigenvalue weighted by molar-refractivity contribution is 5.19. The van der Waals surface area contributed by atoms with Gasteiger partial charge >= 0.3 is 0 Å². The van der Waals surface area contributed by atoms with Crippen molar-refractivity contribution in [3.8, 4) is 12.3 Å². The van der Waals surface area contributed by atoms with E-state index in [0.717, 1.165) is 23.7 Å². The Morgan fingerprint density at radius 1 is 1.15 bits per heavy atom. The van der Waals surface area contributed by atoms with E-state index >= 15 is 0 Å². The molecule has 3 fully saturated rings. The van der Waals surface area contributed by atoms with Crippen molar-refractivity contribution in [1.29, 1.82) is 0 Å². The van der Waals surface area contributed by atoms with E-state index < -0.39 is 0 Å². The lowest BCUT2D eigenvalue weighted by atomic mass is 9.51. The van der Waals surface area contributed by atoms with Gasteiger partial charge in [-0.15, -0.1) is 12.3 Å². The molecule has 0 aromatic carbocycles. The second-order valence-corrected chi connectivity index (χ2v) is 8.13. The molecule has 0 N–H and O–H groups in total. The van der Waals surface area contributed by atoms with E-state index in [2.05, 4.69) is 18.9 Å². The van der Waals surface area contributed by atoms with Gasteiger partial charge in [-0.05, 0) is 86.9 Å². The summed E-state index contributed by atoms with van der Waals surface area (Å²) >= 11 is 0. The number of fused-ring (bicyclic) bond motifs is 5. The molecule has 108 valence electrons. The zero-order chi connectivity index (χ0) is 13.7. The Kier molecular flexibility index (Phi) is 3.03. The molecule has 0 amide bonds. The smallest absolute Gasteiger partial charge is 0.0256 e. The average molecular weight is 268 g/mol. The maximum absolute atomic E-state index is 5.84. The van der Waals surface area contributed by atoms with Gasteiger partial charge in [0.15, 0.2) is 0 Å². The molecule has 0 heterocycles. The molecule has 4 aliphatic rings. The molecule has 4 rings (SSSR count). The van der Waals surface area contributed by atoms with Crippen molar-refractivity contribution in [1.82, 2.24) is 0 Å². The molecule has 0 unspecified atom stereocenters. The van der Waals surface area contributed by atoms with Crippen molar-refractivity contribution in [2.45, 2.75) is 64.7 Å². The first-order chi connectivity index (χ1) is 9.74. The van der Waals surface area contributed by atoms with Crippen molar-refractivity contribution in [3.63, 3.8) is 0 Å². The van der Waals surface area contributed by atoms with Gasteiger partial charge in [0.05, 0.1) is 0 Å². The maximum atomic E-state index is 5.84. The topological polar surface area (TPSA) is 0 Å². The van der Waals surface area contributed by atoms with Crippen LogP contribution in [0.2, 0.25) is 0 Å². The maximum Gasteiger partial charge on any atom is 0.0256 e. The predicted molar refractivity (Wildman–Crippen MR) is 84.0 cm³/mol. The highest BCUT2D eigenvalue weighted by Crippen LogP contribution is 2.63. The molecule has 3 saturated carbocycles. The molecule has 0 bridgehead atoms. The van der Waals surface area contributed by atoms with Gasteiger partial charge in [0.1, 0.15) is 0 Å². The third-order valence-electron chi connectivity index (χ3n) is 7.58. The molecule has 20 heavy (non-hydrogen) atoms. The lowest BCUT2D eigenvalue weighted by Gasteiger charge is -2.53. The first-order valence-corrected chi connectivity index (χ1v) is 8.89. The van der Waals surface area contributed by atoms with Crippen molar-refractivity contribution in [3.05, 3.63) is 11.6 Å². The van der Waals surface area contributed by atoms with E-state index in [9.17, 15) is 0 Å². The summed E-state index contributed by atoms with van der Waals surface area (Å²) in [5, 5.41) is 0. The van der Waals surface area contributed by atoms with Gasteiger partial charge in [-0.1, -0.05) is 18.6 Å². The summed E-state index contributed by atoms with van der Waals surface area (Å²) in [6.45, 7) is 2.53. The third kappa shape index (κ3) is 1.68. The van der Waals surface area contributed by atoms with Crippen LogP contribution in [0.1, 0.15) is 64.7 Å². The standard InChI is InChI=1S/C20H28/c1-3-15-9-11-19-18-10-8-14-6-4-5-7-16(14)17(18)12-13-20(15,19)2/h1,6,15-19H,4-5,7-13H2,2H3/t15-,16-,17+,18+,19-,20+/m0/s1. The van der Waals surface area contributed by atoms with Crippen LogP contribution < -0.4 is 0 Å². The molecule has 0 spiro atoms. The molecule has 0 radical (unpaired) electrons. The summed E-state index contributed by atoms with van der Waals surface area (Å²) in [5.74, 6) is 7.60. The van der Waals surface area contributed by atoms with Crippen LogP contribution in [0.3, 0.4) is 0 Å². The van der Waals surface area contributed by atoms with E-state index in [4.69, 9.17) is 6.42 Å². The summed E-state index contributed by atoms with van der Waals surface area (Å²) in [5.41, 5.74) is 2.32. The van der Waals surface area contributed by atoms with E-state index in [0.29, 0.717) is 11.3 Å². The van der Waals surface area contributed by atoms with E-state index in [-0.39, 0.29) is 0 Å². The van der Waals surface area contributed by atoms with Crippen LogP contribution in [-0.4, -0.2) is 0 Å². The molecule has 0 nitrogen and oxygen atoms in total. The van der Waals surface area contributed by atoms with E-state index in [1.54, 1.807) is 0 Å². The van der Waals surface area contributed by atoms with Crippen LogP contribution in [0.25, 0.3) is 0 Å². The van der Waals surface area contributed by atoms with Crippen LogP contribution in [0.5, 0.6) is 0 Å². The largest absolute Gasteiger partial charge is 0.120 e. The molecule has 0 aromatic rings. The minimum absolute atomic E-state index is 0.478. The van der Waals surface area contributed by atoms with Crippen LogP contribution in [0.4, 0.5) is 0 Å². The van der Waals surface area contributed by atoms with Gasteiger partial charge in [-0.25, -0.2) is 0 Å². The van der Waals surface area contributed by atoms with Crippen LogP contribution in [0.15, 0.2) is 11.6 Å². The van der Waals surface area contributed by atoms with Gasteiger partial charge in [-0.2, -0.15) is 0 Å². The first kappa shape index (κ1) is 13.0. The number of hydrogen-bond acceptors (Lipinski definition) is 0. The Morgan fingerprint density at radius 3 is 2.90 bits per heavy atom. The molecule has 0 heteroatoms. The monoisotopic (exact) mass is 268 g/mol. The Labute approximate surface area is 124 Å². The van der Waals surface area contributed by atoms with Crippen molar-refractivity contribution < 1.29 is 0 Å². The van der Waals surface area contributed by atoms with Crippen LogP contribution in [-0.2, 0) is 0 Å². The van der Waals surface area contributed by atoms with Gasteiger partial charge in [0.25, 0.3) is 0 Å². The zero-order valence-corrected chi connectivity index (χ0v) is 12.9. The van der Waals surface area contributed by atoms with Crippen molar-refractivity contribution in [2.75, 3.05) is 0 Å². The number of rotatable bonds is 0. The number of hydrogen-bond donors (Lipinski definition) is 0. The van der Waals surface area contributed by atoms with Crippen LogP contribution in [0, 0.1) is 47.3 Å². The summed E-state index contributed by atoms with van der Waals surface area (Å²) < 4.78 is 0. The second kappa shape index (κ2) is 4.66. The Hall–Kier alpha value is -0.700. The van der Waals surface area contributed by atoms with Crippen molar-refractivity contribution >= 4 is 0 Å². The fourth-order valence-corrected chi connectivity index (χ4v) is 6.58. The Morgan fingerprint density at radius 2 is 2.05 bits per heavy atom. The minimum Gasteiger partial charge on any atom is -0.120 e. The van der Waals surface area contributed by atoms with Gasteiger partial charge in [0.2, 0.25) is 0 Å². The highest BCUT2D eigenvalue weighted by atomic mass is 14.6. The summed E-state index contributed by atoms with van der Waals surface area (Å²) in [4.78, 5) is 0. The third-order valence-corrected chi connectivity index (χ3v) is 7.58. The van der Waals surface area contributed by atoms with Crippen molar-refractivity contribution in [2.24, 2.45) is 35.0 Å². The normalized spacial score (nSPS) is 50.4. The number of allylic oxidation sites excluding steroid dienone is 2. The summed E-state index contributed by atoms with van der Waals surface area (Å²) in [6, 6.07) is 0. The summed E-state index contributed by atoms with van der Waals surface area (Å²) in [7, 11) is 0. The molecule has 4 aliphatic carbocycles. The zero-order valence-electron chi connectivity index (χ0n) is 12.9. The Balaban J connectivity index is 1.63. The molecule has 6 atom stereocenters. The highest BCUT2D eigenvalue weighted by Gasteiger charge is 2.55. The molecule has 0 saturated heterocycles. The van der Waals surface area contributed by atoms with Gasteiger partial charge < -0.3 is 0 Å². The predicted octanol–water partition coefficient (Wildman–Crippen LogP) is 5.20. The number of terminal acetylenes is 1. The molecule has 0 aliphatic heterocycles. The molecule has 0 aromatic heterocycles. The molecular formula is C20H28. The SMILES string of the molecule is C#C[C@H]1CC[C@H]2[C@@H]3CCC4=CCCC[C@@H]4[C@H]3CC[C@]12C. The quantitative estimate of drug-likeness (QED) is 0.418. The van der Waals surface area contributed by atoms with E-state index in [1.165, 1.54) is 57.8 Å². The Bertz CT molecular complexity index is 465. The first-order valence-electron chi connectivity index (χ1n) is 8.89. The summed E-state index contributed by atoms with van der Waals surface area (Å²) in [6.07, 6.45) is 21.1. The van der Waals surface area contributed by atoms with E-state index in [1.807, 2.05) is 5.57 Å². The second-order valence-electron chi connectivity index (χ2n) is 8.13. The van der Waals surface area contributed by atoms with Gasteiger partial charge in [0, 0.05) is 5.92 Å². The fourth-order valence-electron chi connectivity index (χ4n) is 6.58. The molecular weight excluding hydrogens is 240 g/mol. The van der Waals surface area contributed by atoms with Gasteiger partial charge in [-0.3, -0.25) is 0 Å². The lowest BCUT2D eigenvalue weighted by Crippen LogP contribution is -2.45. The average Bonchev–Trinajstić information content (AvgIpc) is 2.83. The lowest BCUT2D eigenvalue weighted by molar-refractivity contribution is -0.0120. The fraction of sp³-hybridized carbons (Fsp3) is 0.800. The minimum atomic E-state index is 0.478. The van der Waals surface area contributed by atoms with Crippen LogP contribution >= 0.6 is 0 Å².